The van der Waals surface area contributed by atoms with Crippen LogP contribution in [0.2, 0.25) is 0 Å². The molecule has 10 nitrogen and oxygen atoms in total. The first-order valence-corrected chi connectivity index (χ1v) is 12.2. The van der Waals surface area contributed by atoms with Crippen LogP contribution in [0, 0.1) is 17.6 Å². The highest BCUT2D eigenvalue weighted by Gasteiger charge is 2.52. The summed E-state index contributed by atoms with van der Waals surface area (Å²) in [4.78, 5) is 44.4. The zero-order chi connectivity index (χ0) is 23.8. The minimum Gasteiger partial charge on any atom is -0.323 e. The van der Waals surface area contributed by atoms with Crippen molar-refractivity contribution in [1.82, 2.24) is 30.0 Å². The van der Waals surface area contributed by atoms with E-state index < -0.39 is 17.5 Å². The third kappa shape index (κ3) is 4.36. The Balaban J connectivity index is 1.44. The summed E-state index contributed by atoms with van der Waals surface area (Å²) < 4.78 is 2.25. The number of aryl methyl sites for hydroxylation is 1. The van der Waals surface area contributed by atoms with Gasteiger partial charge >= 0.3 is 6.03 Å². The van der Waals surface area contributed by atoms with Gasteiger partial charge in [0.15, 0.2) is 15.7 Å². The van der Waals surface area contributed by atoms with E-state index in [4.69, 9.17) is 12.2 Å². The summed E-state index contributed by atoms with van der Waals surface area (Å²) in [7, 11) is 0. The van der Waals surface area contributed by atoms with Gasteiger partial charge in [0.25, 0.3) is 5.91 Å². The zero-order valence-corrected chi connectivity index (χ0v) is 20.3. The van der Waals surface area contributed by atoms with E-state index in [1.165, 1.54) is 11.3 Å². The normalized spacial score (nSPS) is 22.6. The second-order valence-electron chi connectivity index (χ2n) is 8.49. The average Bonchev–Trinajstić information content (AvgIpc) is 3.39. The number of aromatic amines is 1. The number of anilines is 1. The van der Waals surface area contributed by atoms with E-state index in [2.05, 4.69) is 39.3 Å². The molecule has 1 aliphatic heterocycles. The number of hydrogen-bond donors (Lipinski definition) is 3. The number of aromatic nitrogens is 4. The number of carbonyl (C=O) groups excluding carboxylic acids is 3. The molecule has 33 heavy (non-hydrogen) atoms. The molecule has 4 rings (SSSR count). The van der Waals surface area contributed by atoms with E-state index in [0.29, 0.717) is 46.7 Å². The van der Waals surface area contributed by atoms with Crippen LogP contribution in [-0.4, -0.2) is 54.6 Å². The molecule has 0 bridgehead atoms. The first-order chi connectivity index (χ1) is 15.8. The Morgan fingerprint density at radius 3 is 2.79 bits per heavy atom. The molecule has 0 radical (unpaired) electrons. The fraction of sp³-hybridized carbons (Fsp3) is 0.524. The number of carbonyl (C=O) groups is 3. The molecule has 1 saturated heterocycles. The van der Waals surface area contributed by atoms with E-state index in [1.54, 1.807) is 10.6 Å². The van der Waals surface area contributed by atoms with Gasteiger partial charge in [0.2, 0.25) is 5.91 Å². The largest absolute Gasteiger partial charge is 0.325 e. The second-order valence-corrected chi connectivity index (χ2v) is 9.87. The summed E-state index contributed by atoms with van der Waals surface area (Å²) in [5.41, 5.74) is -0.189. The van der Waals surface area contributed by atoms with Crippen LogP contribution >= 0.6 is 23.6 Å². The number of amides is 4. The molecular formula is C21H27N7O3S2. The third-order valence-corrected chi connectivity index (χ3v) is 7.78. The number of nitrogens with zero attached hydrogens (tertiary/aromatic N) is 4. The summed E-state index contributed by atoms with van der Waals surface area (Å²) in [6, 6.07) is -0.513. The van der Waals surface area contributed by atoms with Gasteiger partial charge in [-0.05, 0) is 50.7 Å². The molecule has 4 amide bonds. The van der Waals surface area contributed by atoms with Crippen molar-refractivity contribution < 1.29 is 14.4 Å². The molecule has 176 valence electrons. The van der Waals surface area contributed by atoms with E-state index >= 15 is 0 Å². The number of imide groups is 1. The van der Waals surface area contributed by atoms with Crippen molar-refractivity contribution in [2.45, 2.75) is 58.0 Å². The SMILES string of the molecule is C=CCn1c(-c2sc(NC(=O)CN3C(=O)NC4(CCC(CC)CC4)C3=O)nc2C)n[nH]c1=S. The van der Waals surface area contributed by atoms with Crippen LogP contribution in [0.4, 0.5) is 9.93 Å². The summed E-state index contributed by atoms with van der Waals surface area (Å²) in [5, 5.41) is 12.9. The van der Waals surface area contributed by atoms with Gasteiger partial charge in [-0.3, -0.25) is 24.2 Å². The number of urea groups is 1. The molecule has 2 aliphatic rings. The number of hydrogen-bond acceptors (Lipinski definition) is 7. The van der Waals surface area contributed by atoms with Crippen molar-refractivity contribution in [3.05, 3.63) is 23.1 Å². The minimum absolute atomic E-state index is 0.312. The van der Waals surface area contributed by atoms with Gasteiger partial charge in [-0.2, -0.15) is 5.10 Å². The van der Waals surface area contributed by atoms with Crippen LogP contribution in [0.3, 0.4) is 0 Å². The van der Waals surface area contributed by atoms with Crippen molar-refractivity contribution in [3.63, 3.8) is 0 Å². The molecule has 2 fully saturated rings. The molecule has 2 aromatic rings. The van der Waals surface area contributed by atoms with Gasteiger partial charge in [0.1, 0.15) is 12.1 Å². The fourth-order valence-electron chi connectivity index (χ4n) is 4.49. The fourth-order valence-corrected chi connectivity index (χ4v) is 5.67. The molecule has 1 spiro atoms. The standard InChI is InChI=1S/C21H27N7O3S2/c1-4-10-27-16(25-26-20(27)32)15-12(3)22-18(33-15)23-14(29)11-28-17(30)21(24-19(28)31)8-6-13(5-2)7-9-21/h4,13H,1,5-11H2,2-3H3,(H,24,31)(H,26,32)(H,22,23,29). The molecule has 3 heterocycles. The molecule has 3 N–H and O–H groups in total. The maximum absolute atomic E-state index is 13.0. The topological polar surface area (TPSA) is 125 Å². The van der Waals surface area contributed by atoms with Gasteiger partial charge in [-0.15, -0.1) is 6.58 Å². The summed E-state index contributed by atoms with van der Waals surface area (Å²) >= 11 is 6.51. The van der Waals surface area contributed by atoms with Crippen LogP contribution in [-0.2, 0) is 16.1 Å². The van der Waals surface area contributed by atoms with Crippen LogP contribution in [0.5, 0.6) is 0 Å². The number of rotatable bonds is 7. The molecular weight excluding hydrogens is 462 g/mol. The van der Waals surface area contributed by atoms with Crippen molar-refractivity contribution in [2.24, 2.45) is 5.92 Å². The summed E-state index contributed by atoms with van der Waals surface area (Å²) in [6.07, 6.45) is 5.81. The summed E-state index contributed by atoms with van der Waals surface area (Å²) in [5.74, 6) is 0.391. The molecule has 2 aromatic heterocycles. The smallest absolute Gasteiger partial charge is 0.323 e. The molecule has 1 saturated carbocycles. The van der Waals surface area contributed by atoms with Crippen LogP contribution in [0.1, 0.15) is 44.7 Å². The van der Waals surface area contributed by atoms with E-state index in [1.807, 2.05) is 6.92 Å². The Morgan fingerprint density at radius 1 is 1.39 bits per heavy atom. The van der Waals surface area contributed by atoms with Gasteiger partial charge < -0.3 is 10.6 Å². The Morgan fingerprint density at radius 2 is 2.12 bits per heavy atom. The molecule has 0 aromatic carbocycles. The van der Waals surface area contributed by atoms with Crippen molar-refractivity contribution in [3.8, 4) is 10.7 Å². The highest BCUT2D eigenvalue weighted by molar-refractivity contribution is 7.71. The van der Waals surface area contributed by atoms with E-state index in [-0.39, 0.29) is 12.5 Å². The second kappa shape index (κ2) is 9.18. The highest BCUT2D eigenvalue weighted by Crippen LogP contribution is 2.37. The van der Waals surface area contributed by atoms with Gasteiger partial charge in [-0.1, -0.05) is 30.8 Å². The average molecular weight is 490 g/mol. The van der Waals surface area contributed by atoms with Crippen molar-refractivity contribution in [1.29, 1.82) is 0 Å². The number of allylic oxidation sites excluding steroid dienone is 1. The Kier molecular flexibility index (Phi) is 6.48. The third-order valence-electron chi connectivity index (χ3n) is 6.40. The van der Waals surface area contributed by atoms with Crippen LogP contribution in [0.25, 0.3) is 10.7 Å². The van der Waals surface area contributed by atoms with Crippen LogP contribution in [0.15, 0.2) is 12.7 Å². The van der Waals surface area contributed by atoms with Gasteiger partial charge in [0, 0.05) is 6.54 Å². The summed E-state index contributed by atoms with van der Waals surface area (Å²) in [6.45, 7) is 7.82. The molecule has 0 unspecified atom stereocenters. The van der Waals surface area contributed by atoms with Crippen molar-refractivity contribution >= 4 is 46.5 Å². The molecule has 0 atom stereocenters. The number of nitrogens with one attached hydrogen (secondary N) is 3. The maximum atomic E-state index is 13.0. The maximum Gasteiger partial charge on any atom is 0.325 e. The monoisotopic (exact) mass is 489 g/mol. The minimum atomic E-state index is -0.866. The lowest BCUT2D eigenvalue weighted by atomic mass is 9.75. The highest BCUT2D eigenvalue weighted by atomic mass is 32.1. The van der Waals surface area contributed by atoms with Crippen LogP contribution < -0.4 is 10.6 Å². The van der Waals surface area contributed by atoms with Gasteiger partial charge in [0.05, 0.1) is 10.6 Å². The number of thiazole rings is 1. The Bertz CT molecular complexity index is 1160. The first kappa shape index (κ1) is 23.3. The molecule has 1 aliphatic carbocycles. The predicted molar refractivity (Wildman–Crippen MR) is 127 cm³/mol. The quantitative estimate of drug-likeness (QED) is 0.311. The lowest BCUT2D eigenvalue weighted by Gasteiger charge is -2.34. The molecule has 12 heteroatoms. The number of H-pyrrole nitrogens is 1. The Hall–Kier alpha value is -2.86. The van der Waals surface area contributed by atoms with Gasteiger partial charge in [-0.25, -0.2) is 9.78 Å². The predicted octanol–water partition coefficient (Wildman–Crippen LogP) is 3.39. The lowest BCUT2D eigenvalue weighted by Crippen LogP contribution is -2.49. The lowest BCUT2D eigenvalue weighted by molar-refractivity contribution is -0.135. The first-order valence-electron chi connectivity index (χ1n) is 11.0. The van der Waals surface area contributed by atoms with E-state index in [9.17, 15) is 14.4 Å². The zero-order valence-electron chi connectivity index (χ0n) is 18.6. The Labute approximate surface area is 200 Å². The van der Waals surface area contributed by atoms with Crippen molar-refractivity contribution in [2.75, 3.05) is 11.9 Å². The van der Waals surface area contributed by atoms with E-state index in [0.717, 1.165) is 29.0 Å².